The Morgan fingerprint density at radius 1 is 0.864 bits per heavy atom. The van der Waals surface area contributed by atoms with Crippen LogP contribution in [0.5, 0.6) is 0 Å². The van der Waals surface area contributed by atoms with Crippen LogP contribution in [0.2, 0.25) is 0 Å². The van der Waals surface area contributed by atoms with Gasteiger partial charge in [-0.2, -0.15) is 0 Å². The second-order valence-corrected chi connectivity index (χ2v) is 5.52. The minimum absolute atomic E-state index is 0.155. The minimum atomic E-state index is -0.155. The van der Waals surface area contributed by atoms with Gasteiger partial charge in [-0.15, -0.1) is 0 Å². The van der Waals surface area contributed by atoms with Crippen LogP contribution in [0.1, 0.15) is 52.4 Å². The average Bonchev–Trinajstić information content (AvgIpc) is 2.49. The molecule has 0 bridgehead atoms. The quantitative estimate of drug-likeness (QED) is 0.593. The molecule has 1 aliphatic rings. The van der Waals surface area contributed by atoms with Gasteiger partial charge in [-0.3, -0.25) is 9.59 Å². The lowest BCUT2D eigenvalue weighted by atomic mass is 9.90. The van der Waals surface area contributed by atoms with Crippen LogP contribution in [0.25, 0.3) is 0 Å². The van der Waals surface area contributed by atoms with Crippen molar-refractivity contribution in [3.8, 4) is 0 Å². The van der Waals surface area contributed by atoms with E-state index in [1.54, 1.807) is 0 Å². The summed E-state index contributed by atoms with van der Waals surface area (Å²) in [4.78, 5) is 22.7. The maximum absolute atomic E-state index is 11.3. The number of rotatable bonds is 10. The first-order valence-electron chi connectivity index (χ1n) is 8.45. The van der Waals surface area contributed by atoms with Crippen molar-refractivity contribution in [2.45, 2.75) is 64.5 Å². The minimum Gasteiger partial charge on any atom is -0.466 e. The lowest BCUT2D eigenvalue weighted by Gasteiger charge is -2.33. The van der Waals surface area contributed by atoms with Crippen LogP contribution in [0.3, 0.4) is 0 Å². The molecule has 0 amide bonds. The number of carbonyl (C=O) groups is 2. The van der Waals surface area contributed by atoms with E-state index in [1.165, 1.54) is 12.8 Å². The molecule has 1 aliphatic carbocycles. The van der Waals surface area contributed by atoms with E-state index in [4.69, 9.17) is 9.47 Å². The van der Waals surface area contributed by atoms with E-state index in [0.717, 1.165) is 12.8 Å². The predicted octanol–water partition coefficient (Wildman–Crippen LogP) is 1.38. The van der Waals surface area contributed by atoms with E-state index in [9.17, 15) is 9.59 Å². The monoisotopic (exact) mass is 314 g/mol. The molecule has 0 radical (unpaired) electrons. The number of hydrogen-bond donors (Lipinski definition) is 2. The molecule has 6 nitrogen and oxygen atoms in total. The summed E-state index contributed by atoms with van der Waals surface area (Å²) in [5.74, 6) is -0.310. The van der Waals surface area contributed by atoms with Gasteiger partial charge in [0, 0.05) is 25.2 Å². The fourth-order valence-electron chi connectivity index (χ4n) is 2.81. The van der Waals surface area contributed by atoms with Gasteiger partial charge in [-0.25, -0.2) is 0 Å². The number of ether oxygens (including phenoxy) is 2. The molecule has 2 atom stereocenters. The Hall–Kier alpha value is -1.14. The first kappa shape index (κ1) is 18.9. The summed E-state index contributed by atoms with van der Waals surface area (Å²) >= 11 is 0. The summed E-state index contributed by atoms with van der Waals surface area (Å²) in [7, 11) is 0. The molecule has 0 unspecified atom stereocenters. The van der Waals surface area contributed by atoms with Crippen LogP contribution in [0.15, 0.2) is 0 Å². The topological polar surface area (TPSA) is 76.7 Å². The fourth-order valence-corrected chi connectivity index (χ4v) is 2.81. The summed E-state index contributed by atoms with van der Waals surface area (Å²) in [5.41, 5.74) is 0. The highest BCUT2D eigenvalue weighted by Gasteiger charge is 2.24. The second kappa shape index (κ2) is 11.4. The third-order valence-corrected chi connectivity index (χ3v) is 3.85. The Morgan fingerprint density at radius 2 is 1.27 bits per heavy atom. The molecular weight excluding hydrogens is 284 g/mol. The molecule has 1 rings (SSSR count). The summed E-state index contributed by atoms with van der Waals surface area (Å²) in [5, 5.41) is 6.89. The van der Waals surface area contributed by atoms with E-state index in [-0.39, 0.29) is 11.9 Å². The highest BCUT2D eigenvalue weighted by molar-refractivity contribution is 5.69. The molecule has 22 heavy (non-hydrogen) atoms. The largest absolute Gasteiger partial charge is 0.466 e. The third kappa shape index (κ3) is 7.75. The first-order chi connectivity index (χ1) is 10.7. The van der Waals surface area contributed by atoms with Crippen LogP contribution in [0, 0.1) is 0 Å². The number of esters is 2. The van der Waals surface area contributed by atoms with Crippen LogP contribution < -0.4 is 10.6 Å². The van der Waals surface area contributed by atoms with Crippen molar-refractivity contribution in [3.63, 3.8) is 0 Å². The van der Waals surface area contributed by atoms with Crippen molar-refractivity contribution >= 4 is 11.9 Å². The Balaban J connectivity index is 2.24. The molecule has 0 spiro atoms. The Bertz CT molecular complexity index is 304. The van der Waals surface area contributed by atoms with Crippen LogP contribution in [-0.4, -0.2) is 50.3 Å². The van der Waals surface area contributed by atoms with Crippen molar-refractivity contribution in [3.05, 3.63) is 0 Å². The van der Waals surface area contributed by atoms with Gasteiger partial charge in [0.15, 0.2) is 0 Å². The Morgan fingerprint density at radius 3 is 1.64 bits per heavy atom. The van der Waals surface area contributed by atoms with E-state index in [0.29, 0.717) is 51.2 Å². The highest BCUT2D eigenvalue weighted by atomic mass is 16.5. The van der Waals surface area contributed by atoms with Crippen molar-refractivity contribution in [1.29, 1.82) is 0 Å². The van der Waals surface area contributed by atoms with Crippen LogP contribution in [0.4, 0.5) is 0 Å². The van der Waals surface area contributed by atoms with Gasteiger partial charge in [-0.05, 0) is 26.7 Å². The maximum Gasteiger partial charge on any atom is 0.307 e. The van der Waals surface area contributed by atoms with E-state index >= 15 is 0 Å². The van der Waals surface area contributed by atoms with Crippen molar-refractivity contribution in [2.75, 3.05) is 26.3 Å². The zero-order chi connectivity index (χ0) is 16.2. The fraction of sp³-hybridized carbons (Fsp3) is 0.875. The average molecular weight is 314 g/mol. The van der Waals surface area contributed by atoms with Crippen molar-refractivity contribution < 1.29 is 19.1 Å². The summed E-state index contributed by atoms with van der Waals surface area (Å²) in [6.07, 6.45) is 5.40. The lowest BCUT2D eigenvalue weighted by Crippen LogP contribution is -2.50. The predicted molar refractivity (Wildman–Crippen MR) is 84.5 cm³/mol. The van der Waals surface area contributed by atoms with Gasteiger partial charge in [0.05, 0.1) is 26.1 Å². The van der Waals surface area contributed by atoms with Crippen molar-refractivity contribution in [1.82, 2.24) is 10.6 Å². The molecular formula is C16H30N2O4. The smallest absolute Gasteiger partial charge is 0.307 e. The van der Waals surface area contributed by atoms with E-state index < -0.39 is 0 Å². The van der Waals surface area contributed by atoms with Crippen LogP contribution in [-0.2, 0) is 19.1 Å². The van der Waals surface area contributed by atoms with Crippen molar-refractivity contribution in [2.24, 2.45) is 0 Å². The highest BCUT2D eigenvalue weighted by Crippen LogP contribution is 2.18. The SMILES string of the molecule is CCOC(=O)CCN[C@@H]1CCCC[C@H]1NCCC(=O)OCC. The van der Waals surface area contributed by atoms with Gasteiger partial charge in [-0.1, -0.05) is 12.8 Å². The molecule has 0 aromatic rings. The van der Waals surface area contributed by atoms with Gasteiger partial charge in [0.2, 0.25) is 0 Å². The Kier molecular flexibility index (Phi) is 9.82. The summed E-state index contributed by atoms with van der Waals surface area (Å²) in [6, 6.07) is 0.704. The zero-order valence-corrected chi connectivity index (χ0v) is 13.9. The molecule has 6 heteroatoms. The molecule has 0 aliphatic heterocycles. The third-order valence-electron chi connectivity index (χ3n) is 3.85. The lowest BCUT2D eigenvalue weighted by molar-refractivity contribution is -0.144. The molecule has 1 saturated carbocycles. The zero-order valence-electron chi connectivity index (χ0n) is 13.9. The van der Waals surface area contributed by atoms with Gasteiger partial charge < -0.3 is 20.1 Å². The Labute approximate surface area is 133 Å². The van der Waals surface area contributed by atoms with E-state index in [1.807, 2.05) is 13.8 Å². The maximum atomic E-state index is 11.3. The molecule has 0 saturated heterocycles. The number of nitrogens with one attached hydrogen (secondary N) is 2. The van der Waals surface area contributed by atoms with Crippen LogP contribution >= 0.6 is 0 Å². The molecule has 2 N–H and O–H groups in total. The molecule has 128 valence electrons. The molecule has 0 heterocycles. The van der Waals surface area contributed by atoms with Gasteiger partial charge in [0.25, 0.3) is 0 Å². The number of hydrogen-bond acceptors (Lipinski definition) is 6. The summed E-state index contributed by atoms with van der Waals surface area (Å²) in [6.45, 7) is 5.77. The van der Waals surface area contributed by atoms with Gasteiger partial charge in [0.1, 0.15) is 0 Å². The second-order valence-electron chi connectivity index (χ2n) is 5.52. The number of carbonyl (C=O) groups excluding carboxylic acids is 2. The molecule has 0 aromatic carbocycles. The normalized spacial score (nSPS) is 21.4. The van der Waals surface area contributed by atoms with Gasteiger partial charge >= 0.3 is 11.9 Å². The first-order valence-corrected chi connectivity index (χ1v) is 8.45. The molecule has 0 aromatic heterocycles. The molecule has 1 fully saturated rings. The van der Waals surface area contributed by atoms with E-state index in [2.05, 4.69) is 10.6 Å². The summed E-state index contributed by atoms with van der Waals surface area (Å²) < 4.78 is 9.85. The standard InChI is InChI=1S/C16H30N2O4/c1-3-21-15(19)9-11-17-13-7-5-6-8-14(13)18-12-10-16(20)22-4-2/h13-14,17-18H,3-12H2,1-2H3/t13-,14-/m1/s1.